The molecule has 2 heterocycles. The zero-order valence-electron chi connectivity index (χ0n) is 14.6. The molecule has 130 valence electrons. The number of pyridine rings is 1. The van der Waals surface area contributed by atoms with Gasteiger partial charge in [-0.2, -0.15) is 0 Å². The Morgan fingerprint density at radius 3 is 2.58 bits per heavy atom. The average molecular weight is 347 g/mol. The van der Waals surface area contributed by atoms with Crippen LogP contribution in [0.3, 0.4) is 0 Å². The van der Waals surface area contributed by atoms with Crippen molar-refractivity contribution in [2.45, 2.75) is 32.5 Å². The molecule has 0 saturated carbocycles. The number of hydrogen-bond acceptors (Lipinski definition) is 4. The van der Waals surface area contributed by atoms with Crippen LogP contribution in [0.2, 0.25) is 0 Å². The first-order valence-electron chi connectivity index (χ1n) is 8.34. The summed E-state index contributed by atoms with van der Waals surface area (Å²) in [6, 6.07) is 15.8. The van der Waals surface area contributed by atoms with E-state index in [1.54, 1.807) is 0 Å². The van der Waals surface area contributed by atoms with Gasteiger partial charge in [0.15, 0.2) is 0 Å². The molecule has 2 atom stereocenters. The van der Waals surface area contributed by atoms with Crippen LogP contribution in [0.5, 0.6) is 0 Å². The highest BCUT2D eigenvalue weighted by molar-refractivity contribution is 5.85. The third kappa shape index (κ3) is 4.47. The molecular formula is C19H27ClN4. The highest BCUT2D eigenvalue weighted by Crippen LogP contribution is 2.21. The summed E-state index contributed by atoms with van der Waals surface area (Å²) in [5, 5.41) is 3.53. The summed E-state index contributed by atoms with van der Waals surface area (Å²) in [5.74, 6) is 0.974. The summed E-state index contributed by atoms with van der Waals surface area (Å²) in [4.78, 5) is 9.29. The number of piperazine rings is 1. The zero-order chi connectivity index (χ0) is 16.2. The van der Waals surface area contributed by atoms with Crippen LogP contribution in [0, 0.1) is 0 Å². The Labute approximate surface area is 151 Å². The minimum absolute atomic E-state index is 0. The average Bonchev–Trinajstić information content (AvgIpc) is 2.59. The van der Waals surface area contributed by atoms with Crippen molar-refractivity contribution in [1.29, 1.82) is 0 Å². The van der Waals surface area contributed by atoms with Gasteiger partial charge in [0, 0.05) is 50.6 Å². The predicted octanol–water partition coefficient (Wildman–Crippen LogP) is 3.45. The zero-order valence-corrected chi connectivity index (χ0v) is 15.5. The maximum Gasteiger partial charge on any atom is 0.132 e. The molecule has 5 heteroatoms. The van der Waals surface area contributed by atoms with E-state index >= 15 is 0 Å². The summed E-state index contributed by atoms with van der Waals surface area (Å²) in [5.41, 5.74) is 2.42. The molecule has 1 fully saturated rings. The minimum atomic E-state index is 0. The summed E-state index contributed by atoms with van der Waals surface area (Å²) in [7, 11) is 2.05. The molecule has 2 unspecified atom stereocenters. The van der Waals surface area contributed by atoms with Crippen LogP contribution in [-0.2, 0) is 6.54 Å². The second kappa shape index (κ2) is 8.47. The molecule has 0 spiro atoms. The molecule has 3 rings (SSSR count). The maximum absolute atomic E-state index is 4.65. The second-order valence-corrected chi connectivity index (χ2v) is 6.51. The lowest BCUT2D eigenvalue weighted by atomic mass is 10.1. The number of para-hydroxylation sites is 1. The summed E-state index contributed by atoms with van der Waals surface area (Å²) in [6.07, 6.45) is 2.01. The van der Waals surface area contributed by atoms with E-state index in [4.69, 9.17) is 0 Å². The van der Waals surface area contributed by atoms with E-state index < -0.39 is 0 Å². The number of nitrogens with zero attached hydrogens (tertiary/aromatic N) is 3. The van der Waals surface area contributed by atoms with E-state index in [9.17, 15) is 0 Å². The van der Waals surface area contributed by atoms with Crippen LogP contribution >= 0.6 is 12.4 Å². The van der Waals surface area contributed by atoms with Gasteiger partial charge in [0.2, 0.25) is 0 Å². The van der Waals surface area contributed by atoms with E-state index in [1.807, 2.05) is 24.4 Å². The van der Waals surface area contributed by atoms with Crippen LogP contribution < -0.4 is 10.2 Å². The third-order valence-corrected chi connectivity index (χ3v) is 4.58. The first-order valence-corrected chi connectivity index (χ1v) is 8.34. The van der Waals surface area contributed by atoms with Crippen molar-refractivity contribution in [2.75, 3.05) is 25.0 Å². The van der Waals surface area contributed by atoms with Crippen molar-refractivity contribution in [3.05, 3.63) is 54.2 Å². The molecular weight excluding hydrogens is 320 g/mol. The highest BCUT2D eigenvalue weighted by atomic mass is 35.5. The lowest BCUT2D eigenvalue weighted by molar-refractivity contribution is 0.138. The van der Waals surface area contributed by atoms with Gasteiger partial charge in [0.05, 0.1) is 0 Å². The number of anilines is 2. The molecule has 0 bridgehead atoms. The van der Waals surface area contributed by atoms with Gasteiger partial charge in [0.1, 0.15) is 5.82 Å². The Morgan fingerprint density at radius 2 is 1.92 bits per heavy atom. The van der Waals surface area contributed by atoms with Crippen LogP contribution in [0.25, 0.3) is 0 Å². The van der Waals surface area contributed by atoms with Crippen LogP contribution in [0.15, 0.2) is 48.7 Å². The van der Waals surface area contributed by atoms with Crippen LogP contribution in [0.4, 0.5) is 11.5 Å². The summed E-state index contributed by atoms with van der Waals surface area (Å²) < 4.78 is 0. The first kappa shape index (κ1) is 18.7. The van der Waals surface area contributed by atoms with Gasteiger partial charge in [0.25, 0.3) is 0 Å². The number of rotatable bonds is 4. The smallest absolute Gasteiger partial charge is 0.132 e. The monoisotopic (exact) mass is 346 g/mol. The molecule has 1 saturated heterocycles. The lowest BCUT2D eigenvalue weighted by Gasteiger charge is -2.37. The fraction of sp³-hybridized carbons (Fsp3) is 0.421. The van der Waals surface area contributed by atoms with Gasteiger partial charge >= 0.3 is 0 Å². The van der Waals surface area contributed by atoms with E-state index in [1.165, 1.54) is 5.56 Å². The SMILES string of the molecule is CC1CN(Cc2ccc(N(C)c3ccccc3)nc2)C(C)CN1.Cl. The predicted molar refractivity (Wildman–Crippen MR) is 103 cm³/mol. The molecule has 1 aliphatic rings. The molecule has 2 aromatic rings. The number of aromatic nitrogens is 1. The molecule has 1 aromatic heterocycles. The number of hydrogen-bond donors (Lipinski definition) is 1. The summed E-state index contributed by atoms with van der Waals surface area (Å²) >= 11 is 0. The number of nitrogens with one attached hydrogen (secondary N) is 1. The molecule has 0 aliphatic carbocycles. The first-order chi connectivity index (χ1) is 11.1. The standard InChI is InChI=1S/C19H26N4.ClH/c1-15-13-23(16(2)11-20-15)14-17-9-10-19(21-12-17)22(3)18-7-5-4-6-8-18;/h4-10,12,15-16,20H,11,13-14H2,1-3H3;1H. The van der Waals surface area contributed by atoms with Crippen molar-refractivity contribution in [3.8, 4) is 0 Å². The van der Waals surface area contributed by atoms with Crippen LogP contribution in [0.1, 0.15) is 19.4 Å². The van der Waals surface area contributed by atoms with E-state index in [2.05, 4.69) is 65.3 Å². The molecule has 4 nitrogen and oxygen atoms in total. The van der Waals surface area contributed by atoms with Crippen molar-refractivity contribution in [2.24, 2.45) is 0 Å². The Balaban J connectivity index is 0.00000208. The van der Waals surface area contributed by atoms with Crippen molar-refractivity contribution in [3.63, 3.8) is 0 Å². The Morgan fingerprint density at radius 1 is 1.17 bits per heavy atom. The highest BCUT2D eigenvalue weighted by Gasteiger charge is 2.22. The van der Waals surface area contributed by atoms with E-state index in [0.29, 0.717) is 12.1 Å². The maximum atomic E-state index is 4.65. The fourth-order valence-electron chi connectivity index (χ4n) is 3.04. The molecule has 0 amide bonds. The van der Waals surface area contributed by atoms with Gasteiger partial charge in [-0.25, -0.2) is 4.98 Å². The van der Waals surface area contributed by atoms with Gasteiger partial charge < -0.3 is 10.2 Å². The van der Waals surface area contributed by atoms with Gasteiger partial charge in [-0.15, -0.1) is 12.4 Å². The van der Waals surface area contributed by atoms with Crippen molar-refractivity contribution >= 4 is 23.9 Å². The molecule has 0 radical (unpaired) electrons. The topological polar surface area (TPSA) is 31.4 Å². The van der Waals surface area contributed by atoms with Crippen molar-refractivity contribution < 1.29 is 0 Å². The molecule has 24 heavy (non-hydrogen) atoms. The number of benzene rings is 1. The van der Waals surface area contributed by atoms with Gasteiger partial charge in [-0.3, -0.25) is 4.90 Å². The van der Waals surface area contributed by atoms with Crippen molar-refractivity contribution in [1.82, 2.24) is 15.2 Å². The molecule has 1 aromatic carbocycles. The quantitative estimate of drug-likeness (QED) is 0.918. The van der Waals surface area contributed by atoms with E-state index in [-0.39, 0.29) is 12.4 Å². The van der Waals surface area contributed by atoms with Gasteiger partial charge in [-0.05, 0) is 37.6 Å². The van der Waals surface area contributed by atoms with E-state index in [0.717, 1.165) is 31.1 Å². The Kier molecular flexibility index (Phi) is 6.60. The largest absolute Gasteiger partial charge is 0.329 e. The van der Waals surface area contributed by atoms with Crippen LogP contribution in [-0.4, -0.2) is 42.1 Å². The second-order valence-electron chi connectivity index (χ2n) is 6.51. The Bertz CT molecular complexity index is 617. The minimum Gasteiger partial charge on any atom is -0.329 e. The third-order valence-electron chi connectivity index (χ3n) is 4.58. The normalized spacial score (nSPS) is 21.1. The summed E-state index contributed by atoms with van der Waals surface area (Å²) in [6.45, 7) is 7.64. The lowest BCUT2D eigenvalue weighted by Crippen LogP contribution is -2.53. The fourth-order valence-corrected chi connectivity index (χ4v) is 3.04. The molecule has 1 aliphatic heterocycles. The molecule has 1 N–H and O–H groups in total. The number of halogens is 1. The Hall–Kier alpha value is -1.62. The van der Waals surface area contributed by atoms with Gasteiger partial charge in [-0.1, -0.05) is 24.3 Å².